The van der Waals surface area contributed by atoms with E-state index in [1.807, 2.05) is 4.90 Å². The molecule has 4 rings (SSSR count). The molecule has 1 saturated heterocycles. The molecular weight excluding hydrogens is 333 g/mol. The molecule has 2 aromatic rings. The Hall–Kier alpha value is -1.86. The van der Waals surface area contributed by atoms with E-state index in [0.29, 0.717) is 24.9 Å². The second kappa shape index (κ2) is 6.14. The number of oxazole rings is 1. The predicted molar refractivity (Wildman–Crippen MR) is 83.7 cm³/mol. The van der Waals surface area contributed by atoms with Crippen LogP contribution in [0.1, 0.15) is 54.0 Å². The lowest BCUT2D eigenvalue weighted by atomic mass is 9.97. The monoisotopic (exact) mass is 352 g/mol. The summed E-state index contributed by atoms with van der Waals surface area (Å²) in [7, 11) is 0. The molecule has 2 aliphatic rings. The lowest BCUT2D eigenvalue weighted by Gasteiger charge is -2.25. The molecule has 0 unspecified atom stereocenters. The number of benzene rings is 1. The predicted octanol–water partition coefficient (Wildman–Crippen LogP) is 3.88. The molecule has 134 valence electrons. The van der Waals surface area contributed by atoms with Crippen LogP contribution in [0.3, 0.4) is 0 Å². The van der Waals surface area contributed by atoms with Crippen LogP contribution in [0.25, 0.3) is 0 Å². The van der Waals surface area contributed by atoms with Crippen molar-refractivity contribution in [2.75, 3.05) is 6.54 Å². The van der Waals surface area contributed by atoms with Gasteiger partial charge >= 0.3 is 6.18 Å². The van der Waals surface area contributed by atoms with Gasteiger partial charge in [0.25, 0.3) is 0 Å². The molecular formula is C18H19F3N2O2. The highest BCUT2D eigenvalue weighted by atomic mass is 19.4. The van der Waals surface area contributed by atoms with Crippen molar-refractivity contribution in [3.05, 3.63) is 53.2 Å². The third-order valence-corrected chi connectivity index (χ3v) is 4.90. The summed E-state index contributed by atoms with van der Waals surface area (Å²) in [6.45, 7) is 0.596. The average molecular weight is 352 g/mol. The minimum Gasteiger partial charge on any atom is -0.444 e. The molecule has 1 aromatic carbocycles. The molecule has 0 amide bonds. The van der Waals surface area contributed by atoms with E-state index in [4.69, 9.17) is 4.42 Å². The van der Waals surface area contributed by atoms with Gasteiger partial charge in [0.1, 0.15) is 5.76 Å². The maximum atomic E-state index is 13.3. The second-order valence-corrected chi connectivity index (χ2v) is 6.85. The molecule has 1 aliphatic carbocycles. The number of hydrogen-bond donors (Lipinski definition) is 1. The van der Waals surface area contributed by atoms with E-state index < -0.39 is 23.9 Å². The summed E-state index contributed by atoms with van der Waals surface area (Å²) < 4.78 is 45.8. The van der Waals surface area contributed by atoms with Gasteiger partial charge in [-0.05, 0) is 30.9 Å². The standard InChI is InChI=1S/C18H19F3N2O2/c19-18(20,21)14-4-2-1-3-13(14)15-7-12(24)9-23(15)10-17-22-8-16(25-17)11-5-6-11/h1-4,8,11-12,15,24H,5-7,9-10H2/t12-,15+/m0/s1. The molecule has 0 spiro atoms. The van der Waals surface area contributed by atoms with Crippen molar-refractivity contribution in [2.24, 2.45) is 0 Å². The van der Waals surface area contributed by atoms with Crippen molar-refractivity contribution in [1.29, 1.82) is 0 Å². The third kappa shape index (κ3) is 3.43. The zero-order valence-corrected chi connectivity index (χ0v) is 13.5. The first-order valence-corrected chi connectivity index (χ1v) is 8.44. The summed E-state index contributed by atoms with van der Waals surface area (Å²) in [6, 6.07) is 5.06. The van der Waals surface area contributed by atoms with Crippen LogP contribution in [0, 0.1) is 0 Å². The molecule has 2 atom stereocenters. The van der Waals surface area contributed by atoms with Gasteiger partial charge in [-0.3, -0.25) is 4.90 Å². The molecule has 1 aliphatic heterocycles. The Balaban J connectivity index is 1.59. The van der Waals surface area contributed by atoms with E-state index in [1.165, 1.54) is 12.1 Å². The van der Waals surface area contributed by atoms with Gasteiger partial charge < -0.3 is 9.52 Å². The van der Waals surface area contributed by atoms with Crippen LogP contribution < -0.4 is 0 Å². The molecule has 1 saturated carbocycles. The number of likely N-dealkylation sites (tertiary alicyclic amines) is 1. The van der Waals surface area contributed by atoms with Crippen molar-refractivity contribution in [1.82, 2.24) is 9.88 Å². The number of aliphatic hydroxyl groups excluding tert-OH is 1. The Bertz CT molecular complexity index is 755. The second-order valence-electron chi connectivity index (χ2n) is 6.85. The Kier molecular flexibility index (Phi) is 4.08. The van der Waals surface area contributed by atoms with Crippen molar-refractivity contribution in [3.63, 3.8) is 0 Å². The zero-order valence-electron chi connectivity index (χ0n) is 13.5. The zero-order chi connectivity index (χ0) is 17.6. The normalized spacial score (nSPS) is 24.8. The third-order valence-electron chi connectivity index (χ3n) is 4.90. The molecule has 0 radical (unpaired) electrons. The molecule has 2 fully saturated rings. The minimum atomic E-state index is -4.42. The van der Waals surface area contributed by atoms with Crippen molar-refractivity contribution in [2.45, 2.75) is 50.0 Å². The highest BCUT2D eigenvalue weighted by molar-refractivity contribution is 5.33. The summed E-state index contributed by atoms with van der Waals surface area (Å²) in [5, 5.41) is 10.0. The summed E-state index contributed by atoms with van der Waals surface area (Å²) >= 11 is 0. The molecule has 0 bridgehead atoms. The quantitative estimate of drug-likeness (QED) is 0.907. The van der Waals surface area contributed by atoms with E-state index in [1.54, 1.807) is 12.3 Å². The molecule has 1 aromatic heterocycles. The molecule has 2 heterocycles. The Labute approximate surface area is 143 Å². The highest BCUT2D eigenvalue weighted by Gasteiger charge is 2.40. The van der Waals surface area contributed by atoms with Gasteiger partial charge in [0.2, 0.25) is 5.89 Å². The fourth-order valence-corrected chi connectivity index (χ4v) is 3.55. The van der Waals surface area contributed by atoms with Gasteiger partial charge in [0.05, 0.1) is 24.4 Å². The fourth-order valence-electron chi connectivity index (χ4n) is 3.55. The molecule has 4 nitrogen and oxygen atoms in total. The van der Waals surface area contributed by atoms with Crippen LogP contribution in [0.4, 0.5) is 13.2 Å². The van der Waals surface area contributed by atoms with Crippen LogP contribution in [0.15, 0.2) is 34.9 Å². The number of hydrogen-bond acceptors (Lipinski definition) is 4. The summed E-state index contributed by atoms with van der Waals surface area (Å²) in [5.74, 6) is 1.78. The molecule has 7 heteroatoms. The lowest BCUT2D eigenvalue weighted by molar-refractivity contribution is -0.138. The summed E-state index contributed by atoms with van der Waals surface area (Å²) in [5.41, 5.74) is -0.453. The molecule has 25 heavy (non-hydrogen) atoms. The van der Waals surface area contributed by atoms with Gasteiger partial charge in [0, 0.05) is 18.5 Å². The smallest absolute Gasteiger partial charge is 0.416 e. The van der Waals surface area contributed by atoms with E-state index >= 15 is 0 Å². The minimum absolute atomic E-state index is 0.195. The van der Waals surface area contributed by atoms with Crippen molar-refractivity contribution < 1.29 is 22.7 Å². The van der Waals surface area contributed by atoms with Gasteiger partial charge in [-0.15, -0.1) is 0 Å². The van der Waals surface area contributed by atoms with Crippen LogP contribution in [-0.2, 0) is 12.7 Å². The SMILES string of the molecule is O[C@H]1C[C@H](c2ccccc2C(F)(F)F)N(Cc2ncc(C3CC3)o2)C1. The first-order chi connectivity index (χ1) is 11.9. The van der Waals surface area contributed by atoms with E-state index in [-0.39, 0.29) is 12.0 Å². The van der Waals surface area contributed by atoms with Gasteiger partial charge in [0.15, 0.2) is 0 Å². The topological polar surface area (TPSA) is 49.5 Å². The number of nitrogens with zero attached hydrogens (tertiary/aromatic N) is 2. The number of alkyl halides is 3. The van der Waals surface area contributed by atoms with Crippen LogP contribution in [0.2, 0.25) is 0 Å². The average Bonchev–Trinajstić information content (AvgIpc) is 3.20. The Morgan fingerprint density at radius 1 is 1.24 bits per heavy atom. The van der Waals surface area contributed by atoms with E-state index in [0.717, 1.165) is 24.7 Å². The van der Waals surface area contributed by atoms with Crippen LogP contribution in [-0.4, -0.2) is 27.6 Å². The van der Waals surface area contributed by atoms with Gasteiger partial charge in [-0.2, -0.15) is 13.2 Å². The van der Waals surface area contributed by atoms with Gasteiger partial charge in [-0.1, -0.05) is 18.2 Å². The fraction of sp³-hybridized carbons (Fsp3) is 0.500. The largest absolute Gasteiger partial charge is 0.444 e. The van der Waals surface area contributed by atoms with Crippen LogP contribution in [0.5, 0.6) is 0 Å². The summed E-state index contributed by atoms with van der Waals surface area (Å²) in [6.07, 6.45) is -0.916. The van der Waals surface area contributed by atoms with Crippen LogP contribution >= 0.6 is 0 Å². The summed E-state index contributed by atoms with van der Waals surface area (Å²) in [4.78, 5) is 6.07. The van der Waals surface area contributed by atoms with Gasteiger partial charge in [-0.25, -0.2) is 4.98 Å². The van der Waals surface area contributed by atoms with E-state index in [2.05, 4.69) is 4.98 Å². The maximum absolute atomic E-state index is 13.3. The van der Waals surface area contributed by atoms with E-state index in [9.17, 15) is 18.3 Å². The lowest BCUT2D eigenvalue weighted by Crippen LogP contribution is -2.26. The highest BCUT2D eigenvalue weighted by Crippen LogP contribution is 2.42. The number of halogens is 3. The van der Waals surface area contributed by atoms with Crippen molar-refractivity contribution in [3.8, 4) is 0 Å². The number of aliphatic hydroxyl groups is 1. The van der Waals surface area contributed by atoms with Crippen molar-refractivity contribution >= 4 is 0 Å². The molecule has 1 N–H and O–H groups in total. The Morgan fingerprint density at radius 2 is 2.00 bits per heavy atom. The maximum Gasteiger partial charge on any atom is 0.416 e. The Morgan fingerprint density at radius 3 is 2.72 bits per heavy atom. The number of rotatable bonds is 4. The number of β-amino-alcohol motifs (C(OH)–C–C–N with tert-alkyl or cyclic N) is 1. The first-order valence-electron chi connectivity index (χ1n) is 8.44. The number of aromatic nitrogens is 1. The first kappa shape index (κ1) is 16.6.